The van der Waals surface area contributed by atoms with Gasteiger partial charge in [0.1, 0.15) is 12.6 Å². The molecule has 2 aliphatic heterocycles. The fraction of sp³-hybridized carbons (Fsp3) is 0.250. The van der Waals surface area contributed by atoms with Crippen molar-refractivity contribution in [1.29, 1.82) is 0 Å². The number of hydrogen-bond acceptors (Lipinski definition) is 6. The maximum atomic E-state index is 12.6. The number of carboxylic acid groups (broad SMARTS) is 1. The zero-order chi connectivity index (χ0) is 18.8. The lowest BCUT2D eigenvalue weighted by Gasteiger charge is -2.34. The minimum atomic E-state index is -1.70. The standard InChI is InChI=1S/C16H15N3O7/c1-2-7-25-13(20)9-26-19-12-8-17(16(19)24)18(14(21)15(22)23)11-6-4-3-5-10(11)12/h2-6,12H,1,7-9H2,(H,22,23). The molecule has 0 spiro atoms. The van der Waals surface area contributed by atoms with Gasteiger partial charge in [0.25, 0.3) is 0 Å². The highest BCUT2D eigenvalue weighted by Gasteiger charge is 2.50. The van der Waals surface area contributed by atoms with Gasteiger partial charge in [-0.05, 0) is 6.07 Å². The number of carboxylic acids is 1. The largest absolute Gasteiger partial charge is 0.474 e. The molecule has 1 atom stereocenters. The molecule has 0 radical (unpaired) electrons. The Morgan fingerprint density at radius 3 is 2.73 bits per heavy atom. The topological polar surface area (TPSA) is 117 Å². The molecule has 0 aromatic heterocycles. The fourth-order valence-electron chi connectivity index (χ4n) is 2.82. The second-order valence-electron chi connectivity index (χ2n) is 5.43. The van der Waals surface area contributed by atoms with Crippen LogP contribution in [0.5, 0.6) is 0 Å². The average Bonchev–Trinajstić information content (AvgIpc) is 2.91. The van der Waals surface area contributed by atoms with Crippen LogP contribution in [0.25, 0.3) is 0 Å². The highest BCUT2D eigenvalue weighted by molar-refractivity contribution is 6.37. The van der Waals surface area contributed by atoms with Crippen LogP contribution in [-0.4, -0.2) is 58.8 Å². The summed E-state index contributed by atoms with van der Waals surface area (Å²) in [6.45, 7) is 2.92. The summed E-state index contributed by atoms with van der Waals surface area (Å²) < 4.78 is 4.78. The minimum Gasteiger partial charge on any atom is -0.474 e. The van der Waals surface area contributed by atoms with Gasteiger partial charge in [-0.3, -0.25) is 9.63 Å². The van der Waals surface area contributed by atoms with Crippen molar-refractivity contribution in [3.63, 3.8) is 0 Å². The lowest BCUT2D eigenvalue weighted by molar-refractivity contribution is -0.172. The smallest absolute Gasteiger partial charge is 0.396 e. The van der Waals surface area contributed by atoms with E-state index in [0.717, 1.165) is 15.1 Å². The van der Waals surface area contributed by atoms with Crippen LogP contribution < -0.4 is 5.01 Å². The number of esters is 1. The summed E-state index contributed by atoms with van der Waals surface area (Å²) in [5, 5.41) is 11.8. The Morgan fingerprint density at radius 1 is 1.31 bits per heavy atom. The number of ether oxygens (including phenoxy) is 1. The number of amides is 3. The first-order valence-electron chi connectivity index (χ1n) is 7.62. The van der Waals surface area contributed by atoms with E-state index < -0.39 is 36.5 Å². The van der Waals surface area contributed by atoms with Gasteiger partial charge in [-0.1, -0.05) is 30.9 Å². The van der Waals surface area contributed by atoms with E-state index in [1.807, 2.05) is 0 Å². The zero-order valence-corrected chi connectivity index (χ0v) is 13.5. The Bertz CT molecular complexity index is 794. The Morgan fingerprint density at radius 2 is 2.04 bits per heavy atom. The first-order valence-corrected chi connectivity index (χ1v) is 7.62. The maximum absolute atomic E-state index is 12.6. The van der Waals surface area contributed by atoms with Gasteiger partial charge >= 0.3 is 23.9 Å². The van der Waals surface area contributed by atoms with Gasteiger partial charge in [-0.15, -0.1) is 0 Å². The number of nitrogens with zero attached hydrogens (tertiary/aromatic N) is 3. The molecule has 1 unspecified atom stereocenters. The molecule has 1 fully saturated rings. The number of carbonyl (C=O) groups excluding carboxylic acids is 3. The number of rotatable bonds is 5. The highest BCUT2D eigenvalue weighted by atomic mass is 16.7. The molecule has 2 aliphatic rings. The Labute approximate surface area is 147 Å². The van der Waals surface area contributed by atoms with Crippen LogP contribution >= 0.6 is 0 Å². The van der Waals surface area contributed by atoms with Crippen molar-refractivity contribution >= 4 is 29.6 Å². The predicted octanol–water partition coefficient (Wildman–Crippen LogP) is 0.472. The lowest BCUT2D eigenvalue weighted by Crippen LogP contribution is -2.52. The molecule has 2 bridgehead atoms. The molecule has 0 aliphatic carbocycles. The van der Waals surface area contributed by atoms with Crippen LogP contribution in [0.15, 0.2) is 36.9 Å². The molecule has 2 heterocycles. The van der Waals surface area contributed by atoms with Gasteiger partial charge in [0, 0.05) is 5.56 Å². The fourth-order valence-corrected chi connectivity index (χ4v) is 2.82. The van der Waals surface area contributed by atoms with Gasteiger partial charge in [-0.2, -0.15) is 5.06 Å². The van der Waals surface area contributed by atoms with Crippen LogP contribution in [-0.2, 0) is 24.0 Å². The molecule has 3 rings (SSSR count). The van der Waals surface area contributed by atoms with E-state index in [9.17, 15) is 19.2 Å². The molecule has 26 heavy (non-hydrogen) atoms. The third kappa shape index (κ3) is 2.86. The van der Waals surface area contributed by atoms with Crippen LogP contribution in [0.3, 0.4) is 0 Å². The Hall–Kier alpha value is -3.40. The van der Waals surface area contributed by atoms with E-state index in [1.165, 1.54) is 12.1 Å². The summed E-state index contributed by atoms with van der Waals surface area (Å²) in [6, 6.07) is 5.16. The van der Waals surface area contributed by atoms with Gasteiger partial charge < -0.3 is 9.84 Å². The lowest BCUT2D eigenvalue weighted by atomic mass is 10.0. The van der Waals surface area contributed by atoms with E-state index in [-0.39, 0.29) is 18.8 Å². The molecule has 1 aromatic rings. The zero-order valence-electron chi connectivity index (χ0n) is 13.5. The number of para-hydroxylation sites is 1. The molecule has 136 valence electrons. The summed E-state index contributed by atoms with van der Waals surface area (Å²) in [4.78, 5) is 52.7. The van der Waals surface area contributed by atoms with Crippen molar-refractivity contribution in [2.24, 2.45) is 0 Å². The van der Waals surface area contributed by atoms with Crippen LogP contribution in [0.1, 0.15) is 11.6 Å². The van der Waals surface area contributed by atoms with E-state index in [2.05, 4.69) is 6.58 Å². The highest BCUT2D eigenvalue weighted by Crippen LogP contribution is 2.42. The third-order valence-corrected chi connectivity index (χ3v) is 3.86. The van der Waals surface area contributed by atoms with Gasteiger partial charge in [0.05, 0.1) is 12.2 Å². The number of benzene rings is 1. The van der Waals surface area contributed by atoms with E-state index in [1.54, 1.807) is 18.2 Å². The first-order chi connectivity index (χ1) is 12.5. The first kappa shape index (κ1) is 17.4. The summed E-state index contributed by atoms with van der Waals surface area (Å²) in [5.74, 6) is -3.66. The third-order valence-electron chi connectivity index (χ3n) is 3.86. The average molecular weight is 361 g/mol. The molecule has 0 saturated carbocycles. The normalized spacial score (nSPS) is 17.8. The van der Waals surface area contributed by atoms with Crippen LogP contribution in [0, 0.1) is 0 Å². The molecule has 1 N–H and O–H groups in total. The van der Waals surface area contributed by atoms with Crippen molar-refractivity contribution in [3.8, 4) is 0 Å². The quantitative estimate of drug-likeness (QED) is 0.460. The van der Waals surface area contributed by atoms with E-state index in [4.69, 9.17) is 14.7 Å². The van der Waals surface area contributed by atoms with Gasteiger partial charge in [0.2, 0.25) is 0 Å². The van der Waals surface area contributed by atoms with Crippen molar-refractivity contribution in [3.05, 3.63) is 42.5 Å². The molecular formula is C16H15N3O7. The second-order valence-corrected chi connectivity index (χ2v) is 5.43. The summed E-state index contributed by atoms with van der Waals surface area (Å²) in [7, 11) is 0. The SMILES string of the molecule is C=CCOC(=O)CON1C(=O)N2CC1c1ccccc1N2C(=O)C(=O)O. The number of fused-ring (bicyclic) bond motifs is 4. The van der Waals surface area contributed by atoms with Crippen molar-refractivity contribution in [2.45, 2.75) is 6.04 Å². The summed E-state index contributed by atoms with van der Waals surface area (Å²) in [6.07, 6.45) is 1.39. The number of anilines is 1. The van der Waals surface area contributed by atoms with Gasteiger partial charge in [-0.25, -0.2) is 24.4 Å². The minimum absolute atomic E-state index is 0.00934. The van der Waals surface area contributed by atoms with Crippen molar-refractivity contribution in [2.75, 3.05) is 24.8 Å². The number of hydrogen-bond donors (Lipinski definition) is 1. The predicted molar refractivity (Wildman–Crippen MR) is 85.4 cm³/mol. The summed E-state index contributed by atoms with van der Waals surface area (Å²) >= 11 is 0. The Balaban J connectivity index is 1.87. The molecule has 1 aromatic carbocycles. The number of aliphatic carboxylic acids is 1. The van der Waals surface area contributed by atoms with Gasteiger partial charge in [0.15, 0.2) is 6.61 Å². The number of carbonyl (C=O) groups is 4. The number of hydroxylamine groups is 2. The number of hydrazine groups is 1. The van der Waals surface area contributed by atoms with E-state index >= 15 is 0 Å². The van der Waals surface area contributed by atoms with Crippen LogP contribution in [0.4, 0.5) is 10.5 Å². The molecular weight excluding hydrogens is 346 g/mol. The number of urea groups is 1. The molecule has 10 nitrogen and oxygen atoms in total. The monoisotopic (exact) mass is 361 g/mol. The van der Waals surface area contributed by atoms with Crippen molar-refractivity contribution < 1.29 is 33.9 Å². The van der Waals surface area contributed by atoms with E-state index in [0.29, 0.717) is 5.56 Å². The molecule has 10 heteroatoms. The van der Waals surface area contributed by atoms with Crippen molar-refractivity contribution in [1.82, 2.24) is 10.1 Å². The van der Waals surface area contributed by atoms with Crippen LogP contribution in [0.2, 0.25) is 0 Å². The summed E-state index contributed by atoms with van der Waals surface area (Å²) in [5.41, 5.74) is 0.800. The molecule has 1 saturated heterocycles. The second kappa shape index (κ2) is 6.84. The molecule has 3 amide bonds. The Kier molecular flexibility index (Phi) is 4.59. The maximum Gasteiger partial charge on any atom is 0.396 e.